The summed E-state index contributed by atoms with van der Waals surface area (Å²) in [5.41, 5.74) is 0.940. The molecule has 1 N–H and O–H groups in total. The Bertz CT molecular complexity index is 439. The summed E-state index contributed by atoms with van der Waals surface area (Å²) in [5, 5.41) is 3.06. The monoisotopic (exact) mass is 227 g/mol. The van der Waals surface area contributed by atoms with Crippen LogP contribution in [-0.4, -0.2) is 5.91 Å². The van der Waals surface area contributed by atoms with Crippen LogP contribution in [0, 0.1) is 29.6 Å². The Balaban J connectivity index is 1.46. The molecule has 0 aromatic heterocycles. The van der Waals surface area contributed by atoms with Gasteiger partial charge in [0.2, 0.25) is 5.91 Å². The fraction of sp³-hybridized carbons (Fsp3) is 0.533. The minimum atomic E-state index is 0.266. The molecule has 3 aliphatic carbocycles. The van der Waals surface area contributed by atoms with Gasteiger partial charge in [-0.3, -0.25) is 4.79 Å². The summed E-state index contributed by atoms with van der Waals surface area (Å²) < 4.78 is 0. The van der Waals surface area contributed by atoms with Gasteiger partial charge in [-0.25, -0.2) is 0 Å². The number of anilines is 1. The number of amides is 1. The molecule has 0 spiro atoms. The second-order valence-electron chi connectivity index (χ2n) is 5.87. The lowest BCUT2D eigenvalue weighted by Gasteiger charge is -2.09. The highest BCUT2D eigenvalue weighted by Crippen LogP contribution is 2.69. The van der Waals surface area contributed by atoms with Crippen LogP contribution in [0.5, 0.6) is 0 Å². The summed E-state index contributed by atoms with van der Waals surface area (Å²) in [6, 6.07) is 9.83. The quantitative estimate of drug-likeness (QED) is 0.827. The molecule has 88 valence electrons. The van der Waals surface area contributed by atoms with Crippen LogP contribution in [0.25, 0.3) is 0 Å². The van der Waals surface area contributed by atoms with Gasteiger partial charge in [-0.1, -0.05) is 18.2 Å². The van der Waals surface area contributed by atoms with Gasteiger partial charge in [0.05, 0.1) is 0 Å². The zero-order chi connectivity index (χ0) is 11.4. The van der Waals surface area contributed by atoms with E-state index in [9.17, 15) is 4.79 Å². The lowest BCUT2D eigenvalue weighted by molar-refractivity contribution is -0.118. The summed E-state index contributed by atoms with van der Waals surface area (Å²) in [5.74, 6) is 3.81. The van der Waals surface area contributed by atoms with Crippen LogP contribution in [0.2, 0.25) is 0 Å². The highest BCUT2D eigenvalue weighted by atomic mass is 16.2. The third-order valence-electron chi connectivity index (χ3n) is 5.08. The van der Waals surface area contributed by atoms with Crippen molar-refractivity contribution in [2.45, 2.75) is 19.3 Å². The SMILES string of the molecule is O=C(Nc1ccccc1)C1[C@@H]2[C@H]3CC[C@@H](C3)[C@H]12. The average molecular weight is 227 g/mol. The fourth-order valence-electron chi connectivity index (χ4n) is 4.42. The van der Waals surface area contributed by atoms with Gasteiger partial charge >= 0.3 is 0 Å². The van der Waals surface area contributed by atoms with Gasteiger partial charge < -0.3 is 5.32 Å². The van der Waals surface area contributed by atoms with Crippen molar-refractivity contribution in [1.29, 1.82) is 0 Å². The van der Waals surface area contributed by atoms with Gasteiger partial charge in [0.25, 0.3) is 0 Å². The molecule has 1 aromatic carbocycles. The first-order valence-electron chi connectivity index (χ1n) is 6.70. The second kappa shape index (κ2) is 3.34. The second-order valence-corrected chi connectivity index (χ2v) is 5.87. The van der Waals surface area contributed by atoms with Crippen LogP contribution in [0.3, 0.4) is 0 Å². The number of carbonyl (C=O) groups is 1. The molecule has 0 aliphatic heterocycles. The molecule has 1 unspecified atom stereocenters. The lowest BCUT2D eigenvalue weighted by atomic mass is 10.0. The molecule has 3 aliphatic rings. The summed E-state index contributed by atoms with van der Waals surface area (Å²) in [7, 11) is 0. The highest BCUT2D eigenvalue weighted by Gasteiger charge is 2.67. The molecule has 0 saturated heterocycles. The van der Waals surface area contributed by atoms with Crippen molar-refractivity contribution in [3.63, 3.8) is 0 Å². The van der Waals surface area contributed by atoms with Crippen LogP contribution in [0.4, 0.5) is 5.69 Å². The molecule has 1 amide bonds. The van der Waals surface area contributed by atoms with Crippen molar-refractivity contribution in [3.05, 3.63) is 30.3 Å². The maximum atomic E-state index is 12.2. The number of nitrogens with one attached hydrogen (secondary N) is 1. The van der Waals surface area contributed by atoms with Crippen molar-refractivity contribution < 1.29 is 4.79 Å². The Morgan fingerprint density at radius 3 is 2.35 bits per heavy atom. The Kier molecular flexibility index (Phi) is 1.91. The number of para-hydroxylation sites is 1. The highest BCUT2D eigenvalue weighted by molar-refractivity contribution is 5.95. The molecule has 4 rings (SSSR count). The van der Waals surface area contributed by atoms with Gasteiger partial charge in [-0.15, -0.1) is 0 Å². The van der Waals surface area contributed by atoms with E-state index in [-0.39, 0.29) is 5.91 Å². The van der Waals surface area contributed by atoms with Crippen LogP contribution < -0.4 is 5.32 Å². The van der Waals surface area contributed by atoms with E-state index in [4.69, 9.17) is 0 Å². The molecule has 0 heterocycles. The smallest absolute Gasteiger partial charge is 0.228 e. The maximum Gasteiger partial charge on any atom is 0.228 e. The molecular weight excluding hydrogens is 210 g/mol. The number of rotatable bonds is 2. The molecular formula is C15H17NO. The van der Waals surface area contributed by atoms with E-state index in [0.717, 1.165) is 29.4 Å². The third-order valence-corrected chi connectivity index (χ3v) is 5.08. The summed E-state index contributed by atoms with van der Waals surface area (Å²) >= 11 is 0. The average Bonchev–Trinajstić information content (AvgIpc) is 2.80. The fourth-order valence-corrected chi connectivity index (χ4v) is 4.42. The third kappa shape index (κ3) is 1.36. The van der Waals surface area contributed by atoms with Crippen LogP contribution in [-0.2, 0) is 4.79 Å². The minimum absolute atomic E-state index is 0.266. The standard InChI is InChI=1S/C15H17NO/c17-15(16-11-4-2-1-3-5-11)14-12-9-6-7-10(8-9)13(12)14/h1-5,9-10,12-14H,6-8H2,(H,16,17)/t9-,10-,12-,13+,14?/m0/s1. The van der Waals surface area contributed by atoms with E-state index < -0.39 is 0 Å². The number of fused-ring (bicyclic) bond motifs is 5. The maximum absolute atomic E-state index is 12.2. The molecule has 3 fully saturated rings. The Morgan fingerprint density at radius 2 is 1.71 bits per heavy atom. The molecule has 1 aromatic rings. The van der Waals surface area contributed by atoms with E-state index in [2.05, 4.69) is 5.32 Å². The number of benzene rings is 1. The van der Waals surface area contributed by atoms with Crippen molar-refractivity contribution in [2.75, 3.05) is 5.32 Å². The van der Waals surface area contributed by atoms with Crippen molar-refractivity contribution in [3.8, 4) is 0 Å². The van der Waals surface area contributed by atoms with Crippen LogP contribution in [0.1, 0.15) is 19.3 Å². The van der Waals surface area contributed by atoms with E-state index in [1.54, 1.807) is 0 Å². The van der Waals surface area contributed by atoms with Gasteiger partial charge in [0, 0.05) is 11.6 Å². The zero-order valence-electron chi connectivity index (χ0n) is 9.80. The van der Waals surface area contributed by atoms with Gasteiger partial charge in [-0.05, 0) is 55.1 Å². The van der Waals surface area contributed by atoms with E-state index in [0.29, 0.717) is 5.92 Å². The van der Waals surface area contributed by atoms with Crippen molar-refractivity contribution in [2.24, 2.45) is 29.6 Å². The number of hydrogen-bond acceptors (Lipinski definition) is 1. The predicted octanol–water partition coefficient (Wildman–Crippen LogP) is 2.92. The Hall–Kier alpha value is -1.31. The first-order chi connectivity index (χ1) is 8.34. The van der Waals surface area contributed by atoms with E-state index >= 15 is 0 Å². The summed E-state index contributed by atoms with van der Waals surface area (Å²) in [6.07, 6.45) is 4.16. The van der Waals surface area contributed by atoms with E-state index in [1.807, 2.05) is 30.3 Å². The summed E-state index contributed by atoms with van der Waals surface area (Å²) in [4.78, 5) is 12.2. The van der Waals surface area contributed by atoms with Crippen LogP contribution >= 0.6 is 0 Å². The number of carbonyl (C=O) groups excluding carboxylic acids is 1. The molecule has 2 bridgehead atoms. The topological polar surface area (TPSA) is 29.1 Å². The minimum Gasteiger partial charge on any atom is -0.326 e. The largest absolute Gasteiger partial charge is 0.326 e. The lowest BCUT2D eigenvalue weighted by Crippen LogP contribution is -2.18. The molecule has 5 atom stereocenters. The van der Waals surface area contributed by atoms with E-state index in [1.165, 1.54) is 19.3 Å². The normalized spacial score (nSPS) is 41.1. The summed E-state index contributed by atoms with van der Waals surface area (Å²) in [6.45, 7) is 0. The predicted molar refractivity (Wildman–Crippen MR) is 66.4 cm³/mol. The zero-order valence-corrected chi connectivity index (χ0v) is 9.80. The first kappa shape index (κ1) is 9.69. The molecule has 17 heavy (non-hydrogen) atoms. The molecule has 2 heteroatoms. The molecule has 0 radical (unpaired) electrons. The molecule has 2 nitrogen and oxygen atoms in total. The van der Waals surface area contributed by atoms with Gasteiger partial charge in [0.15, 0.2) is 0 Å². The van der Waals surface area contributed by atoms with Gasteiger partial charge in [-0.2, -0.15) is 0 Å². The van der Waals surface area contributed by atoms with Crippen LogP contribution in [0.15, 0.2) is 30.3 Å². The number of hydrogen-bond donors (Lipinski definition) is 1. The van der Waals surface area contributed by atoms with Crippen molar-refractivity contribution in [1.82, 2.24) is 0 Å². The van der Waals surface area contributed by atoms with Gasteiger partial charge in [0.1, 0.15) is 0 Å². The Morgan fingerprint density at radius 1 is 1.06 bits per heavy atom. The Labute approximate surface area is 101 Å². The van der Waals surface area contributed by atoms with Crippen molar-refractivity contribution >= 4 is 11.6 Å². The molecule has 3 saturated carbocycles. The first-order valence-corrected chi connectivity index (χ1v) is 6.70.